The summed E-state index contributed by atoms with van der Waals surface area (Å²) in [5.74, 6) is 3.12. The predicted molar refractivity (Wildman–Crippen MR) is 64.5 cm³/mol. The van der Waals surface area contributed by atoms with Gasteiger partial charge >= 0.3 is 0 Å². The summed E-state index contributed by atoms with van der Waals surface area (Å²) in [6.45, 7) is 7.42. The smallest absolute Gasteiger partial charge is 0.0960 e. The predicted octanol–water partition coefficient (Wildman–Crippen LogP) is 2.66. The minimum Gasteiger partial charge on any atom is -0.302 e. The van der Waals surface area contributed by atoms with Crippen molar-refractivity contribution in [1.29, 1.82) is 5.26 Å². The molecule has 0 aromatic heterocycles. The Labute approximate surface area is 92.5 Å². The van der Waals surface area contributed by atoms with E-state index in [0.717, 1.165) is 24.6 Å². The van der Waals surface area contributed by atoms with Crippen LogP contribution in [0.2, 0.25) is 0 Å². The second-order valence-corrected chi connectivity index (χ2v) is 4.77. The largest absolute Gasteiger partial charge is 0.302 e. The van der Waals surface area contributed by atoms with Gasteiger partial charge in [-0.25, -0.2) is 0 Å². The van der Waals surface area contributed by atoms with Gasteiger partial charge in [0.05, 0.1) is 12.1 Å². The number of hydrogen-bond acceptors (Lipinski definition) is 3. The fourth-order valence-electron chi connectivity index (χ4n) is 1.06. The Morgan fingerprint density at radius 3 is 2.64 bits per heavy atom. The van der Waals surface area contributed by atoms with Crippen molar-refractivity contribution in [3.8, 4) is 6.07 Å². The van der Waals surface area contributed by atoms with Gasteiger partial charge in [-0.15, -0.1) is 0 Å². The third kappa shape index (κ3) is 7.23. The third-order valence-corrected chi connectivity index (χ3v) is 3.59. The zero-order valence-corrected chi connectivity index (χ0v) is 10.4. The molecule has 0 aliphatic heterocycles. The van der Waals surface area contributed by atoms with Crippen LogP contribution >= 0.6 is 11.8 Å². The van der Waals surface area contributed by atoms with Gasteiger partial charge in [-0.3, -0.25) is 0 Å². The average molecular weight is 214 g/mol. The summed E-state index contributed by atoms with van der Waals surface area (Å²) in [6, 6.07) is 2.33. The van der Waals surface area contributed by atoms with Gasteiger partial charge in [0, 0.05) is 0 Å². The van der Waals surface area contributed by atoms with Crippen LogP contribution < -0.4 is 5.32 Å². The van der Waals surface area contributed by atoms with Crippen molar-refractivity contribution in [1.82, 2.24) is 5.32 Å². The van der Waals surface area contributed by atoms with Crippen LogP contribution in [0.1, 0.15) is 33.6 Å². The lowest BCUT2D eigenvalue weighted by molar-refractivity contribution is 0.610. The maximum absolute atomic E-state index is 8.79. The quantitative estimate of drug-likeness (QED) is 0.631. The lowest BCUT2D eigenvalue weighted by Crippen LogP contribution is -2.27. The molecule has 0 rings (SSSR count). The molecule has 14 heavy (non-hydrogen) atoms. The molecule has 1 N–H and O–H groups in total. The van der Waals surface area contributed by atoms with Crippen molar-refractivity contribution in [3.05, 3.63) is 0 Å². The zero-order chi connectivity index (χ0) is 10.8. The monoisotopic (exact) mass is 214 g/mol. The number of thioether (sulfide) groups is 1. The fraction of sp³-hybridized carbons (Fsp3) is 0.909. The number of nitrogens with zero attached hydrogens (tertiary/aromatic N) is 1. The number of nitrogens with one attached hydrogen (secondary N) is 1. The van der Waals surface area contributed by atoms with Gasteiger partial charge in [-0.1, -0.05) is 27.2 Å². The molecule has 82 valence electrons. The fourth-order valence-corrected chi connectivity index (χ4v) is 2.27. The highest BCUT2D eigenvalue weighted by Gasteiger charge is 2.05. The normalized spacial score (nSPS) is 14.7. The lowest BCUT2D eigenvalue weighted by atomic mass is 10.2. The molecule has 2 atom stereocenters. The van der Waals surface area contributed by atoms with E-state index in [9.17, 15) is 0 Å². The second-order valence-electron chi connectivity index (χ2n) is 3.62. The maximum atomic E-state index is 8.79. The van der Waals surface area contributed by atoms with Gasteiger partial charge < -0.3 is 5.32 Å². The van der Waals surface area contributed by atoms with Gasteiger partial charge in [-0.05, 0) is 30.4 Å². The first-order chi connectivity index (χ1) is 6.74. The molecule has 2 nitrogen and oxygen atoms in total. The van der Waals surface area contributed by atoms with Gasteiger partial charge in [-0.2, -0.15) is 17.0 Å². The Morgan fingerprint density at radius 1 is 1.43 bits per heavy atom. The van der Waals surface area contributed by atoms with Crippen LogP contribution in [0.4, 0.5) is 0 Å². The van der Waals surface area contributed by atoms with Crippen LogP contribution in [0.3, 0.4) is 0 Å². The van der Waals surface area contributed by atoms with E-state index in [4.69, 9.17) is 5.26 Å². The van der Waals surface area contributed by atoms with Gasteiger partial charge in [0.1, 0.15) is 0 Å². The molecular weight excluding hydrogens is 192 g/mol. The molecule has 0 bridgehead atoms. The van der Waals surface area contributed by atoms with Crippen molar-refractivity contribution in [2.24, 2.45) is 5.92 Å². The van der Waals surface area contributed by atoms with Crippen molar-refractivity contribution in [3.63, 3.8) is 0 Å². The average Bonchev–Trinajstić information content (AvgIpc) is 2.22. The Balaban J connectivity index is 3.38. The lowest BCUT2D eigenvalue weighted by Gasteiger charge is -2.10. The van der Waals surface area contributed by atoms with E-state index in [0.29, 0.717) is 0 Å². The van der Waals surface area contributed by atoms with E-state index in [1.165, 1.54) is 12.2 Å². The summed E-state index contributed by atoms with van der Waals surface area (Å²) in [5, 5.41) is 12.0. The molecule has 0 fully saturated rings. The highest BCUT2D eigenvalue weighted by atomic mass is 32.2. The van der Waals surface area contributed by atoms with Crippen LogP contribution in [-0.4, -0.2) is 24.1 Å². The van der Waals surface area contributed by atoms with Crippen LogP contribution in [0.5, 0.6) is 0 Å². The molecule has 0 saturated carbocycles. The van der Waals surface area contributed by atoms with Crippen molar-refractivity contribution < 1.29 is 0 Å². The molecule has 0 aromatic rings. The van der Waals surface area contributed by atoms with Gasteiger partial charge in [0.25, 0.3) is 0 Å². The van der Waals surface area contributed by atoms with Crippen molar-refractivity contribution in [2.75, 3.05) is 18.1 Å². The van der Waals surface area contributed by atoms with E-state index >= 15 is 0 Å². The summed E-state index contributed by atoms with van der Waals surface area (Å²) in [5.41, 5.74) is 0. The first-order valence-electron chi connectivity index (χ1n) is 5.45. The van der Waals surface area contributed by atoms with Crippen molar-refractivity contribution >= 4 is 11.8 Å². The number of nitriles is 1. The van der Waals surface area contributed by atoms with E-state index in [2.05, 4.69) is 25.2 Å². The van der Waals surface area contributed by atoms with Gasteiger partial charge in [0.2, 0.25) is 0 Å². The molecule has 0 aliphatic rings. The molecule has 0 aromatic carbocycles. The molecule has 0 amide bonds. The molecule has 3 heteroatoms. The molecule has 2 unspecified atom stereocenters. The Hall–Kier alpha value is -0.200. The molecule has 0 spiro atoms. The van der Waals surface area contributed by atoms with Crippen LogP contribution in [-0.2, 0) is 0 Å². The topological polar surface area (TPSA) is 35.8 Å². The Bertz CT molecular complexity index is 165. The molecule has 0 saturated heterocycles. The number of rotatable bonds is 8. The van der Waals surface area contributed by atoms with E-state index in [1.807, 2.05) is 18.7 Å². The molecule has 0 radical (unpaired) electrons. The van der Waals surface area contributed by atoms with Crippen LogP contribution in [0.15, 0.2) is 0 Å². The molecule has 0 aliphatic carbocycles. The van der Waals surface area contributed by atoms with E-state index in [1.54, 1.807) is 0 Å². The SMILES string of the molecule is CCNC(C#N)CCSCC(C)CC. The first-order valence-corrected chi connectivity index (χ1v) is 6.60. The summed E-state index contributed by atoms with van der Waals surface area (Å²) in [4.78, 5) is 0. The summed E-state index contributed by atoms with van der Waals surface area (Å²) in [7, 11) is 0. The summed E-state index contributed by atoms with van der Waals surface area (Å²) < 4.78 is 0. The van der Waals surface area contributed by atoms with Crippen LogP contribution in [0, 0.1) is 17.2 Å². The van der Waals surface area contributed by atoms with Crippen molar-refractivity contribution in [2.45, 2.75) is 39.7 Å². The summed E-state index contributed by atoms with van der Waals surface area (Å²) in [6.07, 6.45) is 2.22. The first kappa shape index (κ1) is 13.8. The standard InChI is InChI=1S/C11H22N2S/c1-4-10(3)9-14-7-6-11(8-12)13-5-2/h10-11,13H,4-7,9H2,1-3H3. The second kappa shape index (κ2) is 9.36. The van der Waals surface area contributed by atoms with Gasteiger partial charge in [0.15, 0.2) is 0 Å². The minimum atomic E-state index is 0.0458. The highest BCUT2D eigenvalue weighted by Crippen LogP contribution is 2.12. The summed E-state index contributed by atoms with van der Waals surface area (Å²) >= 11 is 1.96. The highest BCUT2D eigenvalue weighted by molar-refractivity contribution is 7.99. The Kier molecular flexibility index (Phi) is 9.23. The minimum absolute atomic E-state index is 0.0458. The zero-order valence-electron chi connectivity index (χ0n) is 9.55. The van der Waals surface area contributed by atoms with E-state index in [-0.39, 0.29) is 6.04 Å². The molecular formula is C11H22N2S. The third-order valence-electron chi connectivity index (χ3n) is 2.26. The van der Waals surface area contributed by atoms with Crippen LogP contribution in [0.25, 0.3) is 0 Å². The van der Waals surface area contributed by atoms with E-state index < -0.39 is 0 Å². The Morgan fingerprint density at radius 2 is 2.14 bits per heavy atom. The maximum Gasteiger partial charge on any atom is 0.0960 e. The molecule has 0 heterocycles. The number of hydrogen-bond donors (Lipinski definition) is 1.